The maximum absolute atomic E-state index is 4.51. The first-order valence-electron chi connectivity index (χ1n) is 8.63. The summed E-state index contributed by atoms with van der Waals surface area (Å²) in [6.07, 6.45) is 0. The zero-order valence-corrected chi connectivity index (χ0v) is 14.5. The lowest BCUT2D eigenvalue weighted by molar-refractivity contribution is 0.272. The van der Waals surface area contributed by atoms with Crippen molar-refractivity contribution in [3.63, 3.8) is 0 Å². The molecule has 0 saturated carbocycles. The molecule has 1 aliphatic heterocycles. The highest BCUT2D eigenvalue weighted by Crippen LogP contribution is 2.33. The molecule has 0 amide bonds. The van der Waals surface area contributed by atoms with Gasteiger partial charge in [0.1, 0.15) is 6.04 Å². The van der Waals surface area contributed by atoms with E-state index >= 15 is 0 Å². The Labute approximate surface area is 144 Å². The number of likely N-dealkylation sites (N-methyl/N-ethyl adjacent to an activating group) is 2. The number of nitrogens with one attached hydrogen (secondary N) is 1. The van der Waals surface area contributed by atoms with Crippen LogP contribution in [-0.2, 0) is 0 Å². The quantitative estimate of drug-likeness (QED) is 0.845. The molecule has 4 nitrogen and oxygen atoms in total. The molecule has 0 aromatic heterocycles. The van der Waals surface area contributed by atoms with E-state index in [1.807, 2.05) is 13.1 Å². The molecule has 0 aliphatic carbocycles. The van der Waals surface area contributed by atoms with E-state index in [9.17, 15) is 0 Å². The van der Waals surface area contributed by atoms with Crippen LogP contribution in [0.3, 0.4) is 0 Å². The lowest BCUT2D eigenvalue weighted by Crippen LogP contribution is -2.33. The maximum Gasteiger partial charge on any atom is 0.102 e. The Morgan fingerprint density at radius 3 is 2.46 bits per heavy atom. The molecule has 0 fully saturated rings. The average molecular weight is 322 g/mol. The van der Waals surface area contributed by atoms with Crippen molar-refractivity contribution in [3.05, 3.63) is 60.2 Å². The molecule has 0 radical (unpaired) electrons. The minimum atomic E-state index is 0.187. The lowest BCUT2D eigenvalue weighted by Gasteiger charge is -2.23. The number of rotatable bonds is 7. The van der Waals surface area contributed by atoms with E-state index in [0.717, 1.165) is 26.2 Å². The minimum Gasteiger partial charge on any atom is -0.318 e. The molecule has 126 valence electrons. The molecule has 0 bridgehead atoms. The summed E-state index contributed by atoms with van der Waals surface area (Å²) < 4.78 is 0. The minimum absolute atomic E-state index is 0.187. The summed E-state index contributed by atoms with van der Waals surface area (Å²) in [7, 11) is 4.16. The Balaban J connectivity index is 1.67. The van der Waals surface area contributed by atoms with Crippen LogP contribution in [0.2, 0.25) is 0 Å². The fraction of sp³-hybridized carbons (Fsp3) is 0.400. The fourth-order valence-electron chi connectivity index (χ4n) is 3.23. The lowest BCUT2D eigenvalue weighted by atomic mass is 9.92. The molecule has 1 heterocycles. The Bertz CT molecular complexity index is 651. The Kier molecular flexibility index (Phi) is 5.72. The molecule has 2 unspecified atom stereocenters. The number of nitrogens with zero attached hydrogens (tertiary/aromatic N) is 3. The average Bonchev–Trinajstić information content (AvgIpc) is 3.09. The predicted octanol–water partition coefficient (Wildman–Crippen LogP) is 3.63. The normalized spacial score (nSPS) is 20.0. The Morgan fingerprint density at radius 1 is 1.04 bits per heavy atom. The van der Waals surface area contributed by atoms with Crippen LogP contribution in [0.15, 0.2) is 64.8 Å². The van der Waals surface area contributed by atoms with Crippen LogP contribution >= 0.6 is 0 Å². The number of hydrogen-bond acceptors (Lipinski definition) is 4. The highest BCUT2D eigenvalue weighted by Gasteiger charge is 2.28. The second-order valence-electron chi connectivity index (χ2n) is 6.50. The standard InChI is InChI=1S/C20H26N4/c1-21-12-13-24(2)15-19-14-22-23-20(19)18-10-8-17(9-11-18)16-6-4-3-5-7-16/h3-11,19-21H,12-15H2,1-2H3. The van der Waals surface area contributed by atoms with Gasteiger partial charge in [0.05, 0.1) is 6.54 Å². The molecule has 4 heteroatoms. The molecule has 24 heavy (non-hydrogen) atoms. The molecule has 3 rings (SSSR count). The topological polar surface area (TPSA) is 40.0 Å². The first-order chi connectivity index (χ1) is 11.8. The van der Waals surface area contributed by atoms with E-state index in [1.165, 1.54) is 16.7 Å². The SMILES string of the molecule is CNCCN(C)CC1CN=NC1c1ccc(-c2ccccc2)cc1. The van der Waals surface area contributed by atoms with E-state index in [2.05, 4.69) is 76.0 Å². The molecule has 2 aromatic carbocycles. The summed E-state index contributed by atoms with van der Waals surface area (Å²) in [5.74, 6) is 0.467. The van der Waals surface area contributed by atoms with Gasteiger partial charge in [-0.2, -0.15) is 10.2 Å². The molecule has 2 aromatic rings. The fourth-order valence-corrected chi connectivity index (χ4v) is 3.23. The summed E-state index contributed by atoms with van der Waals surface area (Å²) in [5.41, 5.74) is 3.76. The van der Waals surface area contributed by atoms with Crippen molar-refractivity contribution < 1.29 is 0 Å². The highest BCUT2D eigenvalue weighted by atomic mass is 15.2. The Hall–Kier alpha value is -2.04. The highest BCUT2D eigenvalue weighted by molar-refractivity contribution is 5.63. The van der Waals surface area contributed by atoms with Crippen molar-refractivity contribution in [1.82, 2.24) is 10.2 Å². The largest absolute Gasteiger partial charge is 0.318 e. The van der Waals surface area contributed by atoms with Gasteiger partial charge in [0.2, 0.25) is 0 Å². The third kappa shape index (κ3) is 4.08. The van der Waals surface area contributed by atoms with Crippen molar-refractivity contribution in [2.75, 3.05) is 40.3 Å². The van der Waals surface area contributed by atoms with Crippen LogP contribution in [0.5, 0.6) is 0 Å². The van der Waals surface area contributed by atoms with Crippen LogP contribution < -0.4 is 5.32 Å². The summed E-state index contributed by atoms with van der Waals surface area (Å²) >= 11 is 0. The van der Waals surface area contributed by atoms with E-state index in [1.54, 1.807) is 0 Å². The van der Waals surface area contributed by atoms with Crippen molar-refractivity contribution in [2.24, 2.45) is 16.1 Å². The van der Waals surface area contributed by atoms with E-state index in [4.69, 9.17) is 0 Å². The van der Waals surface area contributed by atoms with Crippen LogP contribution in [0.1, 0.15) is 11.6 Å². The molecular formula is C20H26N4. The van der Waals surface area contributed by atoms with Gasteiger partial charge >= 0.3 is 0 Å². The van der Waals surface area contributed by atoms with Crippen molar-refractivity contribution in [3.8, 4) is 11.1 Å². The zero-order chi connectivity index (χ0) is 16.8. The maximum atomic E-state index is 4.51. The van der Waals surface area contributed by atoms with Crippen molar-refractivity contribution in [1.29, 1.82) is 0 Å². The first kappa shape index (κ1) is 16.8. The molecule has 1 N–H and O–H groups in total. The van der Waals surface area contributed by atoms with Gasteiger partial charge in [0, 0.05) is 25.6 Å². The second kappa shape index (κ2) is 8.18. The van der Waals surface area contributed by atoms with Gasteiger partial charge in [0.25, 0.3) is 0 Å². The van der Waals surface area contributed by atoms with Crippen LogP contribution in [0.4, 0.5) is 0 Å². The van der Waals surface area contributed by atoms with E-state index < -0.39 is 0 Å². The van der Waals surface area contributed by atoms with Gasteiger partial charge < -0.3 is 10.2 Å². The van der Waals surface area contributed by atoms with Gasteiger partial charge in [0.15, 0.2) is 0 Å². The third-order valence-electron chi connectivity index (χ3n) is 4.62. The van der Waals surface area contributed by atoms with Crippen molar-refractivity contribution >= 4 is 0 Å². The molecule has 1 aliphatic rings. The second-order valence-corrected chi connectivity index (χ2v) is 6.50. The summed E-state index contributed by atoms with van der Waals surface area (Å²) in [6.45, 7) is 3.91. The summed E-state index contributed by atoms with van der Waals surface area (Å²) in [5, 5.41) is 12.0. The summed E-state index contributed by atoms with van der Waals surface area (Å²) in [6, 6.07) is 19.5. The summed E-state index contributed by atoms with van der Waals surface area (Å²) in [4.78, 5) is 2.36. The van der Waals surface area contributed by atoms with E-state index in [0.29, 0.717) is 5.92 Å². The van der Waals surface area contributed by atoms with Gasteiger partial charge in [-0.25, -0.2) is 0 Å². The molecule has 0 spiro atoms. The van der Waals surface area contributed by atoms with E-state index in [-0.39, 0.29) is 6.04 Å². The number of hydrogen-bond donors (Lipinski definition) is 1. The number of azo groups is 1. The zero-order valence-electron chi connectivity index (χ0n) is 14.5. The molecule has 2 atom stereocenters. The van der Waals surface area contributed by atoms with Gasteiger partial charge in [-0.15, -0.1) is 0 Å². The predicted molar refractivity (Wildman–Crippen MR) is 99.3 cm³/mol. The third-order valence-corrected chi connectivity index (χ3v) is 4.62. The molecule has 0 saturated heterocycles. The Morgan fingerprint density at radius 2 is 1.75 bits per heavy atom. The number of benzene rings is 2. The smallest absolute Gasteiger partial charge is 0.102 e. The van der Waals surface area contributed by atoms with Crippen LogP contribution in [0, 0.1) is 5.92 Å². The van der Waals surface area contributed by atoms with Gasteiger partial charge in [-0.3, -0.25) is 0 Å². The first-order valence-corrected chi connectivity index (χ1v) is 8.63. The van der Waals surface area contributed by atoms with Gasteiger partial charge in [-0.05, 0) is 30.8 Å². The molecular weight excluding hydrogens is 296 g/mol. The van der Waals surface area contributed by atoms with Crippen LogP contribution in [-0.4, -0.2) is 45.2 Å². The van der Waals surface area contributed by atoms with Gasteiger partial charge in [-0.1, -0.05) is 54.6 Å². The van der Waals surface area contributed by atoms with Crippen LogP contribution in [0.25, 0.3) is 11.1 Å². The monoisotopic (exact) mass is 322 g/mol. The van der Waals surface area contributed by atoms with Crippen molar-refractivity contribution in [2.45, 2.75) is 6.04 Å².